The van der Waals surface area contributed by atoms with Gasteiger partial charge in [0.15, 0.2) is 0 Å². The molecule has 0 bridgehead atoms. The highest BCUT2D eigenvalue weighted by Crippen LogP contribution is 2.38. The van der Waals surface area contributed by atoms with E-state index < -0.39 is 0 Å². The molecule has 0 spiro atoms. The van der Waals surface area contributed by atoms with E-state index in [1.165, 1.54) is 23.3 Å². The van der Waals surface area contributed by atoms with E-state index in [1.807, 2.05) is 17.0 Å². The van der Waals surface area contributed by atoms with Crippen LogP contribution in [0.4, 0.5) is 11.5 Å². The van der Waals surface area contributed by atoms with Crippen LogP contribution in [-0.2, 0) is 17.8 Å². The monoisotopic (exact) mass is 501 g/mol. The molecular formula is C24H25Cl2N5OS. The van der Waals surface area contributed by atoms with Crippen LogP contribution in [-0.4, -0.2) is 51.4 Å². The van der Waals surface area contributed by atoms with Gasteiger partial charge in [0.1, 0.15) is 17.0 Å². The smallest absolute Gasteiger partial charge is 0.246 e. The number of hydrogen-bond donors (Lipinski definition) is 1. The number of benzene rings is 1. The van der Waals surface area contributed by atoms with Gasteiger partial charge in [-0.3, -0.25) is 9.69 Å². The summed E-state index contributed by atoms with van der Waals surface area (Å²) in [6.45, 7) is 5.50. The highest BCUT2D eigenvalue weighted by Gasteiger charge is 2.26. The van der Waals surface area contributed by atoms with Gasteiger partial charge in [-0.15, -0.1) is 11.3 Å². The highest BCUT2D eigenvalue weighted by atomic mass is 35.5. The lowest BCUT2D eigenvalue weighted by molar-refractivity contribution is -0.126. The zero-order valence-electron chi connectivity index (χ0n) is 18.4. The molecule has 1 aromatic carbocycles. The van der Waals surface area contributed by atoms with Gasteiger partial charge in [-0.05, 0) is 56.5 Å². The third kappa shape index (κ3) is 4.73. The average molecular weight is 502 g/mol. The van der Waals surface area contributed by atoms with Crippen molar-refractivity contribution in [2.24, 2.45) is 0 Å². The zero-order valence-corrected chi connectivity index (χ0v) is 20.7. The van der Waals surface area contributed by atoms with Crippen molar-refractivity contribution in [2.45, 2.75) is 38.8 Å². The number of anilines is 2. The summed E-state index contributed by atoms with van der Waals surface area (Å²) in [6, 6.07) is 6.02. The van der Waals surface area contributed by atoms with Crippen molar-refractivity contribution in [1.82, 2.24) is 19.8 Å². The molecular weight excluding hydrogens is 477 g/mol. The van der Waals surface area contributed by atoms with Crippen molar-refractivity contribution in [2.75, 3.05) is 25.0 Å². The molecule has 6 nitrogen and oxygen atoms in total. The summed E-state index contributed by atoms with van der Waals surface area (Å²) in [5.41, 5.74) is 2.03. The first-order chi connectivity index (χ1) is 16.0. The summed E-state index contributed by atoms with van der Waals surface area (Å²) in [6.07, 6.45) is 8.58. The molecule has 0 saturated carbocycles. The highest BCUT2D eigenvalue weighted by molar-refractivity contribution is 7.19. The van der Waals surface area contributed by atoms with Crippen molar-refractivity contribution in [3.63, 3.8) is 0 Å². The number of carbonyl (C=O) groups is 1. The lowest BCUT2D eigenvalue weighted by atomic mass is 10.0. The van der Waals surface area contributed by atoms with Gasteiger partial charge in [0.25, 0.3) is 0 Å². The van der Waals surface area contributed by atoms with Gasteiger partial charge in [0, 0.05) is 35.8 Å². The molecule has 9 heteroatoms. The first-order valence-corrected chi connectivity index (χ1v) is 12.7. The molecule has 1 saturated heterocycles. The lowest BCUT2D eigenvalue weighted by Crippen LogP contribution is -2.34. The predicted octanol–water partition coefficient (Wildman–Crippen LogP) is 5.67. The van der Waals surface area contributed by atoms with E-state index in [1.54, 1.807) is 35.9 Å². The van der Waals surface area contributed by atoms with Crippen LogP contribution in [0, 0.1) is 0 Å². The maximum Gasteiger partial charge on any atom is 0.246 e. The van der Waals surface area contributed by atoms with Crippen molar-refractivity contribution in [1.29, 1.82) is 0 Å². The van der Waals surface area contributed by atoms with Crippen LogP contribution in [0.5, 0.6) is 0 Å². The topological polar surface area (TPSA) is 61.4 Å². The molecule has 5 rings (SSSR count). The molecule has 2 aliphatic heterocycles. The number of carbonyl (C=O) groups excluding carboxylic acids is 1. The molecule has 3 aromatic rings. The number of aromatic nitrogens is 2. The van der Waals surface area contributed by atoms with Gasteiger partial charge in [0.2, 0.25) is 5.91 Å². The summed E-state index contributed by atoms with van der Waals surface area (Å²) in [7, 11) is 0. The molecule has 2 aliphatic rings. The number of nitrogens with zero attached hydrogens (tertiary/aromatic N) is 4. The molecule has 1 N–H and O–H groups in total. The Labute approximate surface area is 207 Å². The van der Waals surface area contributed by atoms with Crippen LogP contribution in [0.3, 0.4) is 0 Å². The predicted molar refractivity (Wildman–Crippen MR) is 136 cm³/mol. The normalized spacial score (nSPS) is 18.9. The van der Waals surface area contributed by atoms with Gasteiger partial charge < -0.3 is 10.2 Å². The summed E-state index contributed by atoms with van der Waals surface area (Å²) < 4.78 is 0. The van der Waals surface area contributed by atoms with Crippen molar-refractivity contribution >= 4 is 62.2 Å². The number of fused-ring (bicyclic) bond motifs is 3. The average Bonchev–Trinajstić information content (AvgIpc) is 3.39. The fraction of sp³-hybridized carbons (Fsp3) is 0.375. The van der Waals surface area contributed by atoms with Crippen LogP contribution in [0.15, 0.2) is 36.7 Å². The molecule has 33 heavy (non-hydrogen) atoms. The molecule has 1 amide bonds. The Kier molecular flexibility index (Phi) is 6.56. The van der Waals surface area contributed by atoms with Crippen molar-refractivity contribution in [3.05, 3.63) is 57.2 Å². The molecule has 172 valence electrons. The van der Waals surface area contributed by atoms with E-state index in [2.05, 4.69) is 27.1 Å². The molecule has 0 radical (unpaired) electrons. The number of rotatable bonds is 5. The largest absolute Gasteiger partial charge is 0.340 e. The Morgan fingerprint density at radius 3 is 2.94 bits per heavy atom. The molecule has 1 atom stereocenters. The van der Waals surface area contributed by atoms with Crippen molar-refractivity contribution < 1.29 is 4.79 Å². The standard InChI is InChI=1S/C24H25Cl2N5OS/c1-15-4-2-9-30(15)10-3-5-21(32)31-11-8-17-20(13-31)33-24-22(17)23(27-14-28-24)29-16-6-7-18(25)19(26)12-16/h3,5-7,12,14-15H,2,4,8-11,13H2,1H3,(H,27,28,29). The number of nitrogens with one attached hydrogen (secondary N) is 1. The minimum Gasteiger partial charge on any atom is -0.340 e. The molecule has 2 aromatic heterocycles. The van der Waals surface area contributed by atoms with E-state index in [0.29, 0.717) is 29.2 Å². The van der Waals surface area contributed by atoms with Crippen LogP contribution in [0.2, 0.25) is 10.0 Å². The Bertz CT molecular complexity index is 1230. The van der Waals surface area contributed by atoms with Gasteiger partial charge >= 0.3 is 0 Å². The Morgan fingerprint density at radius 2 is 2.15 bits per heavy atom. The quantitative estimate of drug-likeness (QED) is 0.456. The third-order valence-electron chi connectivity index (χ3n) is 6.42. The van der Waals surface area contributed by atoms with Gasteiger partial charge in [-0.2, -0.15) is 0 Å². The molecule has 1 fully saturated rings. The second-order valence-corrected chi connectivity index (χ2v) is 10.5. The van der Waals surface area contributed by atoms with Gasteiger partial charge in [-0.1, -0.05) is 29.3 Å². The Balaban J connectivity index is 1.32. The molecule has 4 heterocycles. The SMILES string of the molecule is CC1CCCN1CC=CC(=O)N1CCc2c(sc3ncnc(Nc4ccc(Cl)c(Cl)c4)c23)C1. The fourth-order valence-corrected chi connectivity index (χ4v) is 6.08. The van der Waals surface area contributed by atoms with Crippen molar-refractivity contribution in [3.8, 4) is 0 Å². The van der Waals surface area contributed by atoms with Crippen LogP contribution in [0.25, 0.3) is 10.2 Å². The van der Waals surface area contributed by atoms with E-state index in [-0.39, 0.29) is 5.91 Å². The summed E-state index contributed by atoms with van der Waals surface area (Å²) >= 11 is 13.8. The maximum atomic E-state index is 12.8. The Morgan fingerprint density at radius 1 is 1.27 bits per heavy atom. The van der Waals surface area contributed by atoms with Crippen LogP contribution >= 0.6 is 34.5 Å². The summed E-state index contributed by atoms with van der Waals surface area (Å²) in [5, 5.41) is 5.38. The first kappa shape index (κ1) is 22.6. The van der Waals surface area contributed by atoms with Gasteiger partial charge in [-0.25, -0.2) is 9.97 Å². The summed E-state index contributed by atoms with van der Waals surface area (Å²) in [5.74, 6) is 0.820. The zero-order chi connectivity index (χ0) is 22.9. The van der Waals surface area contributed by atoms with E-state index >= 15 is 0 Å². The maximum absolute atomic E-state index is 12.8. The molecule has 1 unspecified atom stereocenters. The summed E-state index contributed by atoms with van der Waals surface area (Å²) in [4.78, 5) is 28.2. The minimum absolute atomic E-state index is 0.0743. The number of amides is 1. The van der Waals surface area contributed by atoms with Crippen LogP contribution in [0.1, 0.15) is 30.2 Å². The fourth-order valence-electron chi connectivity index (χ4n) is 4.58. The number of halogens is 2. The number of hydrogen-bond acceptors (Lipinski definition) is 6. The first-order valence-electron chi connectivity index (χ1n) is 11.2. The van der Waals surface area contributed by atoms with E-state index in [9.17, 15) is 4.79 Å². The molecule has 0 aliphatic carbocycles. The second-order valence-electron chi connectivity index (χ2n) is 8.56. The number of likely N-dealkylation sites (tertiary alicyclic amines) is 1. The van der Waals surface area contributed by atoms with Gasteiger partial charge in [0.05, 0.1) is 22.0 Å². The Hall–Kier alpha value is -2.19. The van der Waals surface area contributed by atoms with Crippen LogP contribution < -0.4 is 5.32 Å². The number of thiophene rings is 1. The second kappa shape index (κ2) is 9.58. The van der Waals surface area contributed by atoms with E-state index in [0.717, 1.165) is 41.2 Å². The van der Waals surface area contributed by atoms with E-state index in [4.69, 9.17) is 23.2 Å². The third-order valence-corrected chi connectivity index (χ3v) is 8.29. The minimum atomic E-state index is 0.0743. The lowest BCUT2D eigenvalue weighted by Gasteiger charge is -2.26.